The van der Waals surface area contributed by atoms with E-state index in [0.717, 1.165) is 16.8 Å². The zero-order valence-electron chi connectivity index (χ0n) is 14.1. The molecule has 0 fully saturated rings. The molecule has 3 aromatic rings. The number of nitrogens with one attached hydrogen (secondary N) is 1. The first-order chi connectivity index (χ1) is 11.4. The first kappa shape index (κ1) is 15.9. The lowest BCUT2D eigenvalue weighted by atomic mass is 10.1. The minimum Gasteiger partial charge on any atom is -0.339 e. The van der Waals surface area contributed by atoms with Gasteiger partial charge in [0.2, 0.25) is 11.7 Å². The number of carbonyl (C=O) groups is 1. The number of carbonyl (C=O) groups excluding carboxylic acids is 1. The maximum Gasteiger partial charge on any atom is 0.270 e. The van der Waals surface area contributed by atoms with E-state index in [-0.39, 0.29) is 5.91 Å². The molecule has 2 aromatic heterocycles. The van der Waals surface area contributed by atoms with Gasteiger partial charge < -0.3 is 9.84 Å². The molecule has 0 aliphatic carbocycles. The summed E-state index contributed by atoms with van der Waals surface area (Å²) in [6.45, 7) is 5.64. The standard InChI is InChI=1S/C17H19N5O2/c1-10-6-5-7-13(8-10)15-19-17(24-21-15)12(3)18-16(23)14-9-11(2)20-22(14)4/h5-9,12H,1-4H3,(H,18,23)/t12-/m0/s1. The van der Waals surface area contributed by atoms with Gasteiger partial charge in [0, 0.05) is 12.6 Å². The van der Waals surface area contributed by atoms with E-state index in [2.05, 4.69) is 20.6 Å². The van der Waals surface area contributed by atoms with Crippen LogP contribution >= 0.6 is 0 Å². The number of nitrogens with zero attached hydrogens (tertiary/aromatic N) is 4. The van der Waals surface area contributed by atoms with Crippen LogP contribution in [0.15, 0.2) is 34.9 Å². The normalized spacial score (nSPS) is 12.2. The molecular weight excluding hydrogens is 306 g/mol. The van der Waals surface area contributed by atoms with Crippen LogP contribution in [0.4, 0.5) is 0 Å². The molecule has 0 unspecified atom stereocenters. The Kier molecular flexibility index (Phi) is 4.16. The highest BCUT2D eigenvalue weighted by atomic mass is 16.5. The fraction of sp³-hybridized carbons (Fsp3) is 0.294. The Morgan fingerprint density at radius 2 is 2.08 bits per heavy atom. The number of hydrogen-bond donors (Lipinski definition) is 1. The topological polar surface area (TPSA) is 85.8 Å². The first-order valence-corrected chi connectivity index (χ1v) is 7.66. The van der Waals surface area contributed by atoms with E-state index in [9.17, 15) is 4.79 Å². The zero-order chi connectivity index (χ0) is 17.3. The Bertz CT molecular complexity index is 881. The van der Waals surface area contributed by atoms with Gasteiger partial charge in [0.15, 0.2) is 0 Å². The molecule has 2 heterocycles. The van der Waals surface area contributed by atoms with Crippen LogP contribution in [0.25, 0.3) is 11.4 Å². The van der Waals surface area contributed by atoms with Crippen molar-refractivity contribution in [2.45, 2.75) is 26.8 Å². The molecule has 0 radical (unpaired) electrons. The Balaban J connectivity index is 1.75. The number of amides is 1. The summed E-state index contributed by atoms with van der Waals surface area (Å²) in [5.41, 5.74) is 3.27. The lowest BCUT2D eigenvalue weighted by Gasteiger charge is -2.09. The SMILES string of the molecule is Cc1cccc(-c2noc([C@H](C)NC(=O)c3cc(C)nn3C)n2)c1. The van der Waals surface area contributed by atoms with Crippen LogP contribution in [-0.4, -0.2) is 25.8 Å². The molecule has 3 rings (SSSR count). The molecule has 1 N–H and O–H groups in total. The minimum atomic E-state index is -0.404. The molecule has 1 aromatic carbocycles. The van der Waals surface area contributed by atoms with Crippen molar-refractivity contribution in [2.75, 3.05) is 0 Å². The largest absolute Gasteiger partial charge is 0.339 e. The van der Waals surface area contributed by atoms with Crippen LogP contribution in [0.3, 0.4) is 0 Å². The molecule has 0 saturated carbocycles. The summed E-state index contributed by atoms with van der Waals surface area (Å²) in [6, 6.07) is 9.17. The van der Waals surface area contributed by atoms with Crippen molar-refractivity contribution in [2.24, 2.45) is 7.05 Å². The van der Waals surface area contributed by atoms with Gasteiger partial charge in [-0.25, -0.2) is 0 Å². The van der Waals surface area contributed by atoms with Crippen molar-refractivity contribution in [3.8, 4) is 11.4 Å². The van der Waals surface area contributed by atoms with Gasteiger partial charge in [-0.3, -0.25) is 9.48 Å². The highest BCUT2D eigenvalue weighted by molar-refractivity contribution is 5.92. The van der Waals surface area contributed by atoms with Crippen molar-refractivity contribution in [1.29, 1.82) is 0 Å². The molecule has 0 saturated heterocycles. The summed E-state index contributed by atoms with van der Waals surface area (Å²) in [6.07, 6.45) is 0. The Labute approximate surface area is 139 Å². The summed E-state index contributed by atoms with van der Waals surface area (Å²) in [5, 5.41) is 11.0. The Morgan fingerprint density at radius 3 is 2.75 bits per heavy atom. The van der Waals surface area contributed by atoms with Gasteiger partial charge in [-0.05, 0) is 32.9 Å². The van der Waals surface area contributed by atoms with Crippen molar-refractivity contribution in [1.82, 2.24) is 25.2 Å². The van der Waals surface area contributed by atoms with E-state index >= 15 is 0 Å². The van der Waals surface area contributed by atoms with Crippen LogP contribution < -0.4 is 5.32 Å². The predicted octanol–water partition coefficient (Wildman–Crippen LogP) is 2.58. The number of aromatic nitrogens is 4. The average molecular weight is 325 g/mol. The lowest BCUT2D eigenvalue weighted by Crippen LogP contribution is -2.28. The maximum atomic E-state index is 12.3. The summed E-state index contributed by atoms with van der Waals surface area (Å²) in [7, 11) is 1.73. The minimum absolute atomic E-state index is 0.235. The van der Waals surface area contributed by atoms with E-state index in [1.165, 1.54) is 0 Å². The van der Waals surface area contributed by atoms with E-state index < -0.39 is 6.04 Å². The third-order valence-corrected chi connectivity index (χ3v) is 3.67. The van der Waals surface area contributed by atoms with Gasteiger partial charge in [0.1, 0.15) is 11.7 Å². The van der Waals surface area contributed by atoms with Gasteiger partial charge in [0.25, 0.3) is 5.91 Å². The molecule has 1 amide bonds. The Hall–Kier alpha value is -2.96. The van der Waals surface area contributed by atoms with Crippen LogP contribution in [0.5, 0.6) is 0 Å². The Morgan fingerprint density at radius 1 is 1.29 bits per heavy atom. The van der Waals surface area contributed by atoms with Gasteiger partial charge in [-0.1, -0.05) is 28.9 Å². The van der Waals surface area contributed by atoms with Crippen LogP contribution in [0, 0.1) is 13.8 Å². The highest BCUT2D eigenvalue weighted by Gasteiger charge is 2.20. The summed E-state index contributed by atoms with van der Waals surface area (Å²) >= 11 is 0. The summed E-state index contributed by atoms with van der Waals surface area (Å²) in [5.74, 6) is 0.630. The second-order valence-corrected chi connectivity index (χ2v) is 5.82. The zero-order valence-corrected chi connectivity index (χ0v) is 14.1. The number of rotatable bonds is 4. The lowest BCUT2D eigenvalue weighted by molar-refractivity contribution is 0.0923. The third-order valence-electron chi connectivity index (χ3n) is 3.67. The molecular formula is C17H19N5O2. The molecule has 0 spiro atoms. The first-order valence-electron chi connectivity index (χ1n) is 7.66. The van der Waals surface area contributed by atoms with Gasteiger partial charge >= 0.3 is 0 Å². The van der Waals surface area contributed by atoms with Crippen molar-refractivity contribution in [3.05, 3.63) is 53.2 Å². The quantitative estimate of drug-likeness (QED) is 0.797. The highest BCUT2D eigenvalue weighted by Crippen LogP contribution is 2.19. The third kappa shape index (κ3) is 3.19. The van der Waals surface area contributed by atoms with Crippen molar-refractivity contribution >= 4 is 5.91 Å². The van der Waals surface area contributed by atoms with Crippen molar-refractivity contribution < 1.29 is 9.32 Å². The average Bonchev–Trinajstić information content (AvgIpc) is 3.14. The van der Waals surface area contributed by atoms with E-state index in [1.54, 1.807) is 24.7 Å². The smallest absolute Gasteiger partial charge is 0.270 e. The van der Waals surface area contributed by atoms with Crippen LogP contribution in [0.1, 0.15) is 40.6 Å². The van der Waals surface area contributed by atoms with Crippen LogP contribution in [0.2, 0.25) is 0 Å². The van der Waals surface area contributed by atoms with Gasteiger partial charge in [-0.2, -0.15) is 10.1 Å². The molecule has 7 nitrogen and oxygen atoms in total. The molecule has 0 bridgehead atoms. The maximum absolute atomic E-state index is 12.3. The molecule has 0 aliphatic rings. The fourth-order valence-corrected chi connectivity index (χ4v) is 2.47. The predicted molar refractivity (Wildman–Crippen MR) is 88.3 cm³/mol. The number of benzene rings is 1. The van der Waals surface area contributed by atoms with Gasteiger partial charge in [-0.15, -0.1) is 0 Å². The van der Waals surface area contributed by atoms with E-state index in [1.807, 2.05) is 38.1 Å². The molecule has 0 aliphatic heterocycles. The van der Waals surface area contributed by atoms with Crippen LogP contribution in [-0.2, 0) is 7.05 Å². The number of hydrogen-bond acceptors (Lipinski definition) is 5. The van der Waals surface area contributed by atoms with E-state index in [4.69, 9.17) is 4.52 Å². The second-order valence-electron chi connectivity index (χ2n) is 5.82. The number of aryl methyl sites for hydroxylation is 3. The monoisotopic (exact) mass is 325 g/mol. The molecule has 124 valence electrons. The van der Waals surface area contributed by atoms with Crippen molar-refractivity contribution in [3.63, 3.8) is 0 Å². The second kappa shape index (κ2) is 6.27. The molecule has 7 heteroatoms. The summed E-state index contributed by atoms with van der Waals surface area (Å²) in [4.78, 5) is 16.7. The van der Waals surface area contributed by atoms with Gasteiger partial charge in [0.05, 0.1) is 5.69 Å². The summed E-state index contributed by atoms with van der Waals surface area (Å²) < 4.78 is 6.84. The molecule has 24 heavy (non-hydrogen) atoms. The fourth-order valence-electron chi connectivity index (χ4n) is 2.47. The van der Waals surface area contributed by atoms with E-state index in [0.29, 0.717) is 17.4 Å². The molecule has 1 atom stereocenters.